The zero-order valence-electron chi connectivity index (χ0n) is 15.4. The summed E-state index contributed by atoms with van der Waals surface area (Å²) in [5.41, 5.74) is 2.26. The first-order chi connectivity index (χ1) is 13.9. The van der Waals surface area contributed by atoms with Crippen molar-refractivity contribution in [2.75, 3.05) is 11.8 Å². The second-order valence-corrected chi connectivity index (χ2v) is 7.52. The molecule has 0 saturated carbocycles. The summed E-state index contributed by atoms with van der Waals surface area (Å²) in [7, 11) is -2.64. The van der Waals surface area contributed by atoms with E-state index in [1.807, 2.05) is 12.1 Å². The lowest BCUT2D eigenvalue weighted by molar-refractivity contribution is 0.375. The van der Waals surface area contributed by atoms with Crippen molar-refractivity contribution in [2.45, 2.75) is 11.9 Å². The van der Waals surface area contributed by atoms with Gasteiger partial charge in [-0.1, -0.05) is 0 Å². The number of aryl methyl sites for hydroxylation is 1. The van der Waals surface area contributed by atoms with Crippen LogP contribution in [0.3, 0.4) is 0 Å². The van der Waals surface area contributed by atoms with Crippen LogP contribution in [0, 0.1) is 29.6 Å². The van der Waals surface area contributed by atoms with Gasteiger partial charge >= 0.3 is 6.01 Å². The molecule has 0 atom stereocenters. The van der Waals surface area contributed by atoms with Crippen LogP contribution in [0.4, 0.5) is 5.69 Å². The Kier molecular flexibility index (Phi) is 5.39. The number of sulfonamides is 1. The number of methoxy groups -OCH3 is 1. The topological polar surface area (TPSA) is 142 Å². The summed E-state index contributed by atoms with van der Waals surface area (Å²) in [5, 5.41) is 18.0. The number of rotatable bonds is 5. The van der Waals surface area contributed by atoms with Gasteiger partial charge in [0, 0.05) is 17.4 Å². The fraction of sp³-hybridized carbons (Fsp3) is 0.105. The van der Waals surface area contributed by atoms with Gasteiger partial charge < -0.3 is 4.74 Å². The van der Waals surface area contributed by atoms with Crippen molar-refractivity contribution in [1.29, 1.82) is 10.5 Å². The molecule has 2 heterocycles. The van der Waals surface area contributed by atoms with E-state index in [-0.39, 0.29) is 22.3 Å². The number of nitrogens with zero attached hydrogens (tertiary/aromatic N) is 5. The molecule has 1 aromatic carbocycles. The van der Waals surface area contributed by atoms with Gasteiger partial charge in [-0.15, -0.1) is 0 Å². The molecule has 3 aromatic rings. The van der Waals surface area contributed by atoms with Crippen LogP contribution in [0.25, 0.3) is 11.3 Å². The van der Waals surface area contributed by atoms with Gasteiger partial charge in [-0.3, -0.25) is 4.72 Å². The number of pyridine rings is 1. The number of hydrogen-bond acceptors (Lipinski definition) is 8. The lowest BCUT2D eigenvalue weighted by Crippen LogP contribution is -2.15. The molecule has 0 spiro atoms. The number of nitriles is 2. The smallest absolute Gasteiger partial charge is 0.317 e. The number of nitrogens with one attached hydrogen (secondary N) is 1. The van der Waals surface area contributed by atoms with Gasteiger partial charge in [0.1, 0.15) is 12.1 Å². The minimum absolute atomic E-state index is 0.00159. The zero-order chi connectivity index (χ0) is 21.0. The summed E-state index contributed by atoms with van der Waals surface area (Å²) in [5.74, 6) is 0. The van der Waals surface area contributed by atoms with Crippen LogP contribution < -0.4 is 9.46 Å². The lowest BCUT2D eigenvalue weighted by atomic mass is 10.1. The minimum atomic E-state index is -3.98. The average molecular weight is 406 g/mol. The monoisotopic (exact) mass is 406 g/mol. The van der Waals surface area contributed by atoms with Crippen LogP contribution in [0.15, 0.2) is 47.6 Å². The van der Waals surface area contributed by atoms with Crippen molar-refractivity contribution < 1.29 is 13.2 Å². The maximum absolute atomic E-state index is 12.7. The third-order valence-electron chi connectivity index (χ3n) is 3.81. The summed E-state index contributed by atoms with van der Waals surface area (Å²) < 4.78 is 32.7. The van der Waals surface area contributed by atoms with Gasteiger partial charge in [-0.25, -0.2) is 9.97 Å². The van der Waals surface area contributed by atoms with Crippen LogP contribution in [0.5, 0.6) is 6.01 Å². The molecule has 0 amide bonds. The Morgan fingerprint density at radius 3 is 2.55 bits per heavy atom. The molecule has 29 heavy (non-hydrogen) atoms. The molecular weight excluding hydrogens is 392 g/mol. The van der Waals surface area contributed by atoms with Gasteiger partial charge in [0.25, 0.3) is 10.0 Å². The fourth-order valence-corrected chi connectivity index (χ4v) is 3.54. The van der Waals surface area contributed by atoms with Crippen molar-refractivity contribution >= 4 is 15.7 Å². The summed E-state index contributed by atoms with van der Waals surface area (Å²) in [6, 6.07) is 13.1. The highest BCUT2D eigenvalue weighted by Crippen LogP contribution is 2.26. The summed E-state index contributed by atoms with van der Waals surface area (Å²) in [4.78, 5) is 11.8. The van der Waals surface area contributed by atoms with Crippen LogP contribution in [-0.2, 0) is 10.0 Å². The molecule has 0 aliphatic carbocycles. The second kappa shape index (κ2) is 7.92. The van der Waals surface area contributed by atoms with Gasteiger partial charge in [0.15, 0.2) is 10.7 Å². The third-order valence-corrected chi connectivity index (χ3v) is 5.10. The predicted octanol–water partition coefficient (Wildman–Crippen LogP) is 2.40. The molecular formula is C19H14N6O3S. The average Bonchev–Trinajstić information content (AvgIpc) is 2.72. The van der Waals surface area contributed by atoms with Gasteiger partial charge in [-0.2, -0.15) is 23.9 Å². The van der Waals surface area contributed by atoms with Gasteiger partial charge in [-0.05, 0) is 48.9 Å². The third kappa shape index (κ3) is 4.29. The lowest BCUT2D eigenvalue weighted by Gasteiger charge is -2.11. The summed E-state index contributed by atoms with van der Waals surface area (Å²) in [6.45, 7) is 1.80. The highest BCUT2D eigenvalue weighted by molar-refractivity contribution is 7.92. The van der Waals surface area contributed by atoms with E-state index >= 15 is 0 Å². The van der Waals surface area contributed by atoms with Crippen molar-refractivity contribution in [3.63, 3.8) is 0 Å². The summed E-state index contributed by atoms with van der Waals surface area (Å²) in [6.07, 6.45) is 1.28. The predicted molar refractivity (Wildman–Crippen MR) is 103 cm³/mol. The Balaban J connectivity index is 2.00. The Morgan fingerprint density at radius 2 is 1.86 bits per heavy atom. The van der Waals surface area contributed by atoms with E-state index in [1.165, 1.54) is 25.4 Å². The van der Waals surface area contributed by atoms with E-state index in [0.717, 1.165) is 5.56 Å². The fourth-order valence-electron chi connectivity index (χ4n) is 2.57. The first-order valence-corrected chi connectivity index (χ1v) is 9.68. The van der Waals surface area contributed by atoms with Crippen LogP contribution >= 0.6 is 0 Å². The first-order valence-electron chi connectivity index (χ1n) is 8.19. The van der Waals surface area contributed by atoms with Crippen molar-refractivity contribution in [3.8, 4) is 29.4 Å². The number of ether oxygens (including phenoxy) is 1. The molecule has 2 aromatic heterocycles. The van der Waals surface area contributed by atoms with E-state index in [0.29, 0.717) is 16.9 Å². The first kappa shape index (κ1) is 19.7. The Hall–Kier alpha value is -4.02. The molecule has 0 radical (unpaired) electrons. The standard InChI is InChI=1S/C19H14N6O3S/c1-12-7-14(16-4-3-13(10-20)17(11-21)23-16)9-15(8-12)25-29(26,27)18-5-6-22-19(24-18)28-2/h3-9,25H,1-2H3. The number of aromatic nitrogens is 3. The van der Waals surface area contributed by atoms with E-state index < -0.39 is 10.0 Å². The second-order valence-electron chi connectivity index (χ2n) is 5.89. The van der Waals surface area contributed by atoms with E-state index in [1.54, 1.807) is 31.2 Å². The Labute approximate surface area is 167 Å². The highest BCUT2D eigenvalue weighted by atomic mass is 32.2. The molecule has 10 heteroatoms. The molecule has 3 rings (SSSR count). The normalized spacial score (nSPS) is 10.6. The SMILES string of the molecule is COc1nccc(S(=O)(=O)Nc2cc(C)cc(-c3ccc(C#N)c(C#N)n3)c2)n1. The van der Waals surface area contributed by atoms with E-state index in [4.69, 9.17) is 10.00 Å². The highest BCUT2D eigenvalue weighted by Gasteiger charge is 2.18. The maximum Gasteiger partial charge on any atom is 0.317 e. The number of anilines is 1. The quantitative estimate of drug-likeness (QED) is 0.637. The largest absolute Gasteiger partial charge is 0.467 e. The van der Waals surface area contributed by atoms with Crippen LogP contribution in [0.2, 0.25) is 0 Å². The van der Waals surface area contributed by atoms with Crippen molar-refractivity contribution in [2.24, 2.45) is 0 Å². The summed E-state index contributed by atoms with van der Waals surface area (Å²) >= 11 is 0. The molecule has 0 fully saturated rings. The molecule has 0 unspecified atom stereocenters. The van der Waals surface area contributed by atoms with E-state index in [2.05, 4.69) is 19.7 Å². The molecule has 1 N–H and O–H groups in total. The van der Waals surface area contributed by atoms with Crippen LogP contribution in [0.1, 0.15) is 16.8 Å². The van der Waals surface area contributed by atoms with Gasteiger partial charge in [0.05, 0.1) is 18.4 Å². The Bertz CT molecular complexity index is 1280. The maximum atomic E-state index is 12.7. The van der Waals surface area contributed by atoms with Crippen molar-refractivity contribution in [1.82, 2.24) is 15.0 Å². The molecule has 0 saturated heterocycles. The zero-order valence-corrected chi connectivity index (χ0v) is 16.2. The molecule has 9 nitrogen and oxygen atoms in total. The molecule has 144 valence electrons. The van der Waals surface area contributed by atoms with Crippen molar-refractivity contribution in [3.05, 3.63) is 59.4 Å². The molecule has 0 aliphatic heterocycles. The number of benzene rings is 1. The Morgan fingerprint density at radius 1 is 1.07 bits per heavy atom. The van der Waals surface area contributed by atoms with Gasteiger partial charge in [0.2, 0.25) is 0 Å². The minimum Gasteiger partial charge on any atom is -0.467 e. The molecule has 0 aliphatic rings. The molecule has 0 bridgehead atoms. The number of hydrogen-bond donors (Lipinski definition) is 1. The van der Waals surface area contributed by atoms with E-state index in [9.17, 15) is 13.7 Å². The van der Waals surface area contributed by atoms with Crippen LogP contribution in [-0.4, -0.2) is 30.5 Å².